The van der Waals surface area contributed by atoms with Gasteiger partial charge in [-0.1, -0.05) is 6.07 Å². The van der Waals surface area contributed by atoms with Crippen molar-refractivity contribution in [1.82, 2.24) is 5.32 Å². The molecular weight excluding hydrogens is 258 g/mol. The summed E-state index contributed by atoms with van der Waals surface area (Å²) >= 11 is 0. The van der Waals surface area contributed by atoms with Crippen molar-refractivity contribution >= 4 is 17.3 Å². The highest BCUT2D eigenvalue weighted by atomic mass is 16.6. The maximum atomic E-state index is 12.4. The number of amides is 1. The number of carbonyl (C=O) groups excluding carboxylic acids is 1. The van der Waals surface area contributed by atoms with Crippen LogP contribution in [0.4, 0.5) is 11.4 Å². The van der Waals surface area contributed by atoms with E-state index in [0.717, 1.165) is 31.4 Å². The second-order valence-corrected chi connectivity index (χ2v) is 5.43. The molecule has 1 amide bonds. The third kappa shape index (κ3) is 2.96. The van der Waals surface area contributed by atoms with Crippen LogP contribution in [0.15, 0.2) is 18.2 Å². The lowest BCUT2D eigenvalue weighted by atomic mass is 9.90. The molecule has 1 aromatic carbocycles. The molecule has 0 bridgehead atoms. The van der Waals surface area contributed by atoms with E-state index in [1.54, 1.807) is 6.07 Å². The van der Waals surface area contributed by atoms with Crippen molar-refractivity contribution in [3.05, 3.63) is 33.9 Å². The molecule has 2 N–H and O–H groups in total. The monoisotopic (exact) mass is 277 g/mol. The molecule has 1 saturated heterocycles. The molecule has 0 radical (unpaired) electrons. The van der Waals surface area contributed by atoms with E-state index in [-0.39, 0.29) is 11.6 Å². The van der Waals surface area contributed by atoms with Gasteiger partial charge in [0.05, 0.1) is 16.1 Å². The van der Waals surface area contributed by atoms with Gasteiger partial charge in [0.25, 0.3) is 5.69 Å². The number of nitro benzene ring substituents is 1. The van der Waals surface area contributed by atoms with Gasteiger partial charge in [-0.05, 0) is 45.2 Å². The van der Waals surface area contributed by atoms with Crippen LogP contribution in [0.1, 0.15) is 31.7 Å². The number of rotatable bonds is 3. The van der Waals surface area contributed by atoms with Gasteiger partial charge in [-0.2, -0.15) is 0 Å². The molecule has 6 nitrogen and oxygen atoms in total. The Balaban J connectivity index is 2.18. The van der Waals surface area contributed by atoms with Gasteiger partial charge in [-0.3, -0.25) is 14.9 Å². The Morgan fingerprint density at radius 1 is 1.45 bits per heavy atom. The molecule has 0 saturated carbocycles. The minimum absolute atomic E-state index is 0.0207. The number of non-ortho nitro benzene ring substituents is 1. The lowest BCUT2D eigenvalue weighted by Gasteiger charge is -2.33. The molecular formula is C14H19N3O3. The van der Waals surface area contributed by atoms with Crippen molar-refractivity contribution in [2.75, 3.05) is 11.9 Å². The van der Waals surface area contributed by atoms with E-state index in [1.165, 1.54) is 12.1 Å². The number of hydrogen-bond donors (Lipinski definition) is 2. The maximum Gasteiger partial charge on any atom is 0.271 e. The van der Waals surface area contributed by atoms with Crippen LogP contribution >= 0.6 is 0 Å². The number of nitrogens with zero attached hydrogens (tertiary/aromatic N) is 1. The fourth-order valence-electron chi connectivity index (χ4n) is 2.37. The molecule has 6 heteroatoms. The molecule has 1 aliphatic rings. The van der Waals surface area contributed by atoms with Crippen molar-refractivity contribution < 1.29 is 9.72 Å². The average molecular weight is 277 g/mol. The lowest BCUT2D eigenvalue weighted by molar-refractivity contribution is -0.384. The zero-order valence-corrected chi connectivity index (χ0v) is 11.7. The fraction of sp³-hybridized carbons (Fsp3) is 0.500. The van der Waals surface area contributed by atoms with E-state index < -0.39 is 10.5 Å². The van der Waals surface area contributed by atoms with Crippen LogP contribution < -0.4 is 10.6 Å². The molecule has 1 aromatic rings. The number of benzene rings is 1. The Labute approximate surface area is 117 Å². The molecule has 1 atom stereocenters. The molecule has 108 valence electrons. The number of nitro groups is 1. The van der Waals surface area contributed by atoms with Gasteiger partial charge in [0.2, 0.25) is 5.91 Å². The first-order valence-corrected chi connectivity index (χ1v) is 6.74. The van der Waals surface area contributed by atoms with Gasteiger partial charge < -0.3 is 10.6 Å². The highest BCUT2D eigenvalue weighted by Crippen LogP contribution is 2.25. The quantitative estimate of drug-likeness (QED) is 0.656. The molecule has 1 aliphatic heterocycles. The van der Waals surface area contributed by atoms with E-state index >= 15 is 0 Å². The topological polar surface area (TPSA) is 84.3 Å². The smallest absolute Gasteiger partial charge is 0.271 e. The van der Waals surface area contributed by atoms with E-state index in [4.69, 9.17) is 0 Å². The Morgan fingerprint density at radius 2 is 2.20 bits per heavy atom. The van der Waals surface area contributed by atoms with Crippen molar-refractivity contribution in [1.29, 1.82) is 0 Å². The standard InChI is InChI=1S/C14H19N3O3/c1-10-5-6-11(17(19)20)9-12(10)16-13(18)14(2)7-3-4-8-15-14/h5-6,9,15H,3-4,7-8H2,1-2H3,(H,16,18). The Kier molecular flexibility index (Phi) is 4.04. The van der Waals surface area contributed by atoms with Gasteiger partial charge in [-0.15, -0.1) is 0 Å². The fourth-order valence-corrected chi connectivity index (χ4v) is 2.37. The Morgan fingerprint density at radius 3 is 2.80 bits per heavy atom. The first kappa shape index (κ1) is 14.5. The van der Waals surface area contributed by atoms with Crippen LogP contribution in [-0.2, 0) is 4.79 Å². The zero-order chi connectivity index (χ0) is 14.8. The van der Waals surface area contributed by atoms with Crippen LogP contribution in [0.25, 0.3) is 0 Å². The van der Waals surface area contributed by atoms with Crippen LogP contribution in [0.2, 0.25) is 0 Å². The second-order valence-electron chi connectivity index (χ2n) is 5.43. The predicted octanol–water partition coefficient (Wildman–Crippen LogP) is 2.37. The minimum atomic E-state index is -0.602. The van der Waals surface area contributed by atoms with Crippen LogP contribution in [0.5, 0.6) is 0 Å². The lowest BCUT2D eigenvalue weighted by Crippen LogP contribution is -2.54. The van der Waals surface area contributed by atoms with Crippen molar-refractivity contribution in [3.8, 4) is 0 Å². The van der Waals surface area contributed by atoms with Crippen molar-refractivity contribution in [3.63, 3.8) is 0 Å². The highest BCUT2D eigenvalue weighted by molar-refractivity contribution is 5.98. The summed E-state index contributed by atoms with van der Waals surface area (Å²) in [7, 11) is 0. The molecule has 0 aliphatic carbocycles. The third-order valence-electron chi connectivity index (χ3n) is 3.80. The molecule has 2 rings (SSSR count). The first-order valence-electron chi connectivity index (χ1n) is 6.74. The van der Waals surface area contributed by atoms with Gasteiger partial charge in [-0.25, -0.2) is 0 Å². The SMILES string of the molecule is Cc1ccc([N+](=O)[O-])cc1NC(=O)C1(C)CCCCN1. The number of carbonyl (C=O) groups is 1. The largest absolute Gasteiger partial charge is 0.324 e. The summed E-state index contributed by atoms with van der Waals surface area (Å²) in [6.07, 6.45) is 2.84. The van der Waals surface area contributed by atoms with Crippen molar-refractivity contribution in [2.24, 2.45) is 0 Å². The van der Waals surface area contributed by atoms with Crippen LogP contribution in [0.3, 0.4) is 0 Å². The first-order chi connectivity index (χ1) is 9.42. The molecule has 20 heavy (non-hydrogen) atoms. The average Bonchev–Trinajstić information content (AvgIpc) is 2.41. The summed E-state index contributed by atoms with van der Waals surface area (Å²) in [5, 5.41) is 16.8. The third-order valence-corrected chi connectivity index (χ3v) is 3.80. The van der Waals surface area contributed by atoms with Gasteiger partial charge in [0, 0.05) is 12.1 Å². The summed E-state index contributed by atoms with van der Waals surface area (Å²) in [4.78, 5) is 22.7. The zero-order valence-electron chi connectivity index (χ0n) is 11.7. The molecule has 1 fully saturated rings. The van der Waals surface area contributed by atoms with Crippen LogP contribution in [-0.4, -0.2) is 22.9 Å². The number of aryl methyl sites for hydroxylation is 1. The second kappa shape index (κ2) is 5.58. The normalized spacial score (nSPS) is 22.3. The van der Waals surface area contributed by atoms with Gasteiger partial charge in [0.1, 0.15) is 0 Å². The molecule has 1 unspecified atom stereocenters. The number of anilines is 1. The van der Waals surface area contributed by atoms with Gasteiger partial charge >= 0.3 is 0 Å². The molecule has 1 heterocycles. The van der Waals surface area contributed by atoms with E-state index in [1.807, 2.05) is 13.8 Å². The van der Waals surface area contributed by atoms with Gasteiger partial charge in [0.15, 0.2) is 0 Å². The number of piperidine rings is 1. The van der Waals surface area contributed by atoms with E-state index in [2.05, 4.69) is 10.6 Å². The highest BCUT2D eigenvalue weighted by Gasteiger charge is 2.34. The summed E-state index contributed by atoms with van der Waals surface area (Å²) in [5.74, 6) is -0.138. The van der Waals surface area contributed by atoms with E-state index in [0.29, 0.717) is 5.69 Å². The summed E-state index contributed by atoms with van der Waals surface area (Å²) in [5.41, 5.74) is 0.684. The minimum Gasteiger partial charge on any atom is -0.324 e. The Bertz CT molecular complexity index is 536. The number of hydrogen-bond acceptors (Lipinski definition) is 4. The molecule has 0 aromatic heterocycles. The predicted molar refractivity (Wildman–Crippen MR) is 76.7 cm³/mol. The summed E-state index contributed by atoms with van der Waals surface area (Å²) < 4.78 is 0. The maximum absolute atomic E-state index is 12.4. The Hall–Kier alpha value is -1.95. The van der Waals surface area contributed by atoms with Crippen molar-refractivity contribution in [2.45, 2.75) is 38.6 Å². The summed E-state index contributed by atoms with van der Waals surface area (Å²) in [6.45, 7) is 4.50. The number of nitrogens with one attached hydrogen (secondary N) is 2. The summed E-state index contributed by atoms with van der Waals surface area (Å²) in [6, 6.07) is 4.48. The molecule has 0 spiro atoms. The van der Waals surface area contributed by atoms with E-state index in [9.17, 15) is 14.9 Å². The van der Waals surface area contributed by atoms with Crippen LogP contribution in [0, 0.1) is 17.0 Å².